The molecule has 8 heteroatoms. The second kappa shape index (κ2) is 6.35. The first-order valence-corrected chi connectivity index (χ1v) is 7.54. The number of nitrogens with two attached hydrogens (primary N) is 1. The minimum Gasteiger partial charge on any atom is -0.409 e. The zero-order chi connectivity index (χ0) is 13.8. The highest BCUT2D eigenvalue weighted by Crippen LogP contribution is 2.13. The average molecular weight is 279 g/mol. The lowest BCUT2D eigenvalue weighted by Gasteiger charge is -2.31. The van der Waals surface area contributed by atoms with E-state index < -0.39 is 16.1 Å². The molecule has 0 aromatic rings. The molecule has 1 heterocycles. The highest BCUT2D eigenvalue weighted by atomic mass is 32.2. The Balaban J connectivity index is 2.65. The van der Waals surface area contributed by atoms with Crippen molar-refractivity contribution in [2.24, 2.45) is 16.8 Å². The fourth-order valence-electron chi connectivity index (χ4n) is 1.64. The zero-order valence-electron chi connectivity index (χ0n) is 10.7. The Morgan fingerprint density at radius 2 is 2.28 bits per heavy atom. The molecule has 7 nitrogen and oxygen atoms in total. The normalized spacial score (nSPS) is 23.5. The predicted octanol–water partition coefficient (Wildman–Crippen LogP) is -0.190. The average Bonchev–Trinajstić information content (AvgIpc) is 2.35. The molecular weight excluding hydrogens is 258 g/mol. The van der Waals surface area contributed by atoms with Crippen LogP contribution < -0.4 is 5.73 Å². The Labute approximate surface area is 108 Å². The lowest BCUT2D eigenvalue weighted by atomic mass is 10.2. The lowest BCUT2D eigenvalue weighted by molar-refractivity contribution is 0.0355. The van der Waals surface area contributed by atoms with E-state index in [1.807, 2.05) is 13.8 Å². The summed E-state index contributed by atoms with van der Waals surface area (Å²) in [6.45, 7) is 4.63. The van der Waals surface area contributed by atoms with Gasteiger partial charge in [0, 0.05) is 13.1 Å². The molecule has 1 fully saturated rings. The minimum absolute atomic E-state index is 0.0984. The van der Waals surface area contributed by atoms with Crippen LogP contribution in [-0.2, 0) is 14.8 Å². The molecule has 1 saturated heterocycles. The van der Waals surface area contributed by atoms with E-state index in [9.17, 15) is 8.42 Å². The third-order valence-corrected chi connectivity index (χ3v) is 4.69. The number of nitrogens with zero attached hydrogens (tertiary/aromatic N) is 2. The molecular formula is C10H21N3O4S. The van der Waals surface area contributed by atoms with Gasteiger partial charge in [0.05, 0.1) is 12.4 Å². The van der Waals surface area contributed by atoms with Crippen LogP contribution in [0.2, 0.25) is 0 Å². The van der Waals surface area contributed by atoms with E-state index in [-0.39, 0.29) is 24.7 Å². The largest absolute Gasteiger partial charge is 0.409 e. The molecule has 106 valence electrons. The van der Waals surface area contributed by atoms with Crippen LogP contribution in [-0.4, -0.2) is 55.3 Å². The van der Waals surface area contributed by atoms with Crippen molar-refractivity contribution in [3.8, 4) is 0 Å². The second-order valence-electron chi connectivity index (χ2n) is 4.74. The molecule has 1 atom stereocenters. The number of hydrogen-bond acceptors (Lipinski definition) is 5. The fourth-order valence-corrected chi connectivity index (χ4v) is 3.38. The van der Waals surface area contributed by atoms with Crippen molar-refractivity contribution >= 4 is 15.9 Å². The van der Waals surface area contributed by atoms with E-state index >= 15 is 0 Å². The Hall–Kier alpha value is -0.860. The number of ether oxygens (including phenoxy) is 1. The molecule has 1 aliphatic heterocycles. The fraction of sp³-hybridized carbons (Fsp3) is 0.900. The molecule has 0 aromatic carbocycles. The number of oxime groups is 1. The summed E-state index contributed by atoms with van der Waals surface area (Å²) in [6, 6.07) is 0. The summed E-state index contributed by atoms with van der Waals surface area (Å²) in [6.07, 6.45) is -0.0499. The third kappa shape index (κ3) is 4.11. The number of sulfonamides is 1. The van der Waals surface area contributed by atoms with E-state index in [4.69, 9.17) is 15.7 Å². The van der Waals surface area contributed by atoms with E-state index in [0.717, 1.165) is 0 Å². The van der Waals surface area contributed by atoms with Crippen LogP contribution >= 0.6 is 0 Å². The van der Waals surface area contributed by atoms with Crippen molar-refractivity contribution in [3.05, 3.63) is 0 Å². The maximum absolute atomic E-state index is 12.1. The van der Waals surface area contributed by atoms with Crippen LogP contribution in [0.3, 0.4) is 0 Å². The molecule has 0 aliphatic carbocycles. The smallest absolute Gasteiger partial charge is 0.214 e. The van der Waals surface area contributed by atoms with Crippen molar-refractivity contribution in [1.82, 2.24) is 4.31 Å². The summed E-state index contributed by atoms with van der Waals surface area (Å²) in [7, 11) is -3.29. The highest BCUT2D eigenvalue weighted by molar-refractivity contribution is 7.89. The summed E-state index contributed by atoms with van der Waals surface area (Å²) in [5.41, 5.74) is 5.43. The SMILES string of the molecule is CC(C)CCS(=O)(=O)N1CCOC(C(N)=NO)C1. The monoisotopic (exact) mass is 279 g/mol. The highest BCUT2D eigenvalue weighted by Gasteiger charge is 2.31. The van der Waals surface area contributed by atoms with Gasteiger partial charge in [-0.15, -0.1) is 0 Å². The Morgan fingerprint density at radius 1 is 1.61 bits per heavy atom. The van der Waals surface area contributed by atoms with Gasteiger partial charge >= 0.3 is 0 Å². The molecule has 0 radical (unpaired) electrons. The summed E-state index contributed by atoms with van der Waals surface area (Å²) in [4.78, 5) is 0. The maximum atomic E-state index is 12.1. The molecule has 1 unspecified atom stereocenters. The zero-order valence-corrected chi connectivity index (χ0v) is 11.6. The van der Waals surface area contributed by atoms with E-state index in [2.05, 4.69) is 5.16 Å². The van der Waals surface area contributed by atoms with Crippen LogP contribution in [0.15, 0.2) is 5.16 Å². The van der Waals surface area contributed by atoms with Crippen molar-refractivity contribution in [3.63, 3.8) is 0 Å². The van der Waals surface area contributed by atoms with E-state index in [1.54, 1.807) is 0 Å². The number of hydrogen-bond donors (Lipinski definition) is 2. The van der Waals surface area contributed by atoms with E-state index in [1.165, 1.54) is 4.31 Å². The topological polar surface area (TPSA) is 105 Å². The Morgan fingerprint density at radius 3 is 2.83 bits per heavy atom. The summed E-state index contributed by atoms with van der Waals surface area (Å²) in [5, 5.41) is 11.4. The van der Waals surface area contributed by atoms with Gasteiger partial charge in [-0.3, -0.25) is 0 Å². The summed E-state index contributed by atoms with van der Waals surface area (Å²) in [5.74, 6) is 0.354. The van der Waals surface area contributed by atoms with Gasteiger partial charge in [-0.2, -0.15) is 4.31 Å². The maximum Gasteiger partial charge on any atom is 0.214 e. The van der Waals surface area contributed by atoms with Crippen LogP contribution in [0.5, 0.6) is 0 Å². The second-order valence-corrected chi connectivity index (χ2v) is 6.83. The molecule has 1 aliphatic rings. The minimum atomic E-state index is -3.29. The quantitative estimate of drug-likeness (QED) is 0.314. The van der Waals surface area contributed by atoms with Crippen molar-refractivity contribution in [2.45, 2.75) is 26.4 Å². The Kier molecular flexibility index (Phi) is 5.36. The first kappa shape index (κ1) is 15.2. The lowest BCUT2D eigenvalue weighted by Crippen LogP contribution is -2.51. The van der Waals surface area contributed by atoms with Gasteiger partial charge in [0.15, 0.2) is 5.84 Å². The molecule has 0 amide bonds. The molecule has 3 N–H and O–H groups in total. The first-order valence-electron chi connectivity index (χ1n) is 5.93. The van der Waals surface area contributed by atoms with Gasteiger partial charge < -0.3 is 15.7 Å². The molecule has 1 rings (SSSR count). The summed E-state index contributed by atoms with van der Waals surface area (Å²) < 4.78 is 30.8. The van der Waals surface area contributed by atoms with Gasteiger partial charge in [0.1, 0.15) is 6.10 Å². The number of amidine groups is 1. The number of rotatable bonds is 5. The van der Waals surface area contributed by atoms with Crippen molar-refractivity contribution in [1.29, 1.82) is 0 Å². The van der Waals surface area contributed by atoms with Crippen molar-refractivity contribution in [2.75, 3.05) is 25.4 Å². The third-order valence-electron chi connectivity index (χ3n) is 2.82. The van der Waals surface area contributed by atoms with Crippen LogP contribution in [0.4, 0.5) is 0 Å². The van der Waals surface area contributed by atoms with Gasteiger partial charge in [-0.1, -0.05) is 19.0 Å². The van der Waals surface area contributed by atoms with Crippen molar-refractivity contribution < 1.29 is 18.4 Å². The Bertz CT molecular complexity index is 394. The van der Waals surface area contributed by atoms with Crippen LogP contribution in [0.1, 0.15) is 20.3 Å². The van der Waals surface area contributed by atoms with Gasteiger partial charge in [0.2, 0.25) is 10.0 Å². The standard InChI is InChI=1S/C10H21N3O4S/c1-8(2)3-6-18(15,16)13-4-5-17-9(7-13)10(11)12-14/h8-9,14H,3-7H2,1-2H3,(H2,11,12). The van der Waals surface area contributed by atoms with Gasteiger partial charge in [0.25, 0.3) is 0 Å². The predicted molar refractivity (Wildman–Crippen MR) is 68.0 cm³/mol. The van der Waals surface area contributed by atoms with Crippen LogP contribution in [0.25, 0.3) is 0 Å². The molecule has 0 saturated carbocycles. The van der Waals surface area contributed by atoms with Gasteiger partial charge in [-0.05, 0) is 12.3 Å². The van der Waals surface area contributed by atoms with Crippen LogP contribution in [0, 0.1) is 5.92 Å². The summed E-state index contributed by atoms with van der Waals surface area (Å²) >= 11 is 0. The molecule has 0 bridgehead atoms. The molecule has 0 spiro atoms. The van der Waals surface area contributed by atoms with E-state index in [0.29, 0.717) is 18.9 Å². The molecule has 18 heavy (non-hydrogen) atoms. The first-order chi connectivity index (χ1) is 8.36. The van der Waals surface area contributed by atoms with Gasteiger partial charge in [-0.25, -0.2) is 8.42 Å². The number of morpholine rings is 1. The molecule has 0 aromatic heterocycles.